The van der Waals surface area contributed by atoms with Gasteiger partial charge >= 0.3 is 5.97 Å². The first kappa shape index (κ1) is 8.89. The number of rotatable bonds is 1. The Kier molecular flexibility index (Phi) is 1.85. The number of carbonyl (C=O) groups is 1. The van der Waals surface area contributed by atoms with Crippen molar-refractivity contribution >= 4 is 22.3 Å². The fourth-order valence-corrected chi connectivity index (χ4v) is 1.98. The first-order valence-corrected chi connectivity index (χ1v) is 4.69. The predicted octanol–water partition coefficient (Wildman–Crippen LogP) is 0.763. The SMILES string of the molecule is Cc1nc2sccn2c(=O)c1C(=O)O. The topological polar surface area (TPSA) is 71.7 Å². The molecule has 0 aliphatic heterocycles. The van der Waals surface area contributed by atoms with E-state index in [4.69, 9.17) is 5.11 Å². The lowest BCUT2D eigenvalue weighted by molar-refractivity contribution is 0.0693. The molecule has 0 bridgehead atoms. The van der Waals surface area contributed by atoms with E-state index in [0.29, 0.717) is 4.96 Å². The maximum Gasteiger partial charge on any atom is 0.343 e. The summed E-state index contributed by atoms with van der Waals surface area (Å²) < 4.78 is 1.24. The molecule has 14 heavy (non-hydrogen) atoms. The molecule has 2 heterocycles. The Morgan fingerprint density at radius 3 is 3.00 bits per heavy atom. The standard InChI is InChI=1S/C8H6N2O3S/c1-4-5(7(12)13)6(11)10-2-3-14-8(10)9-4/h2-3H,1H3,(H,12,13). The molecule has 2 rings (SSSR count). The van der Waals surface area contributed by atoms with Gasteiger partial charge in [-0.2, -0.15) is 0 Å². The molecule has 6 heteroatoms. The van der Waals surface area contributed by atoms with Crippen LogP contribution in [0.3, 0.4) is 0 Å². The van der Waals surface area contributed by atoms with E-state index in [0.717, 1.165) is 0 Å². The number of fused-ring (bicyclic) bond motifs is 1. The molecule has 0 saturated carbocycles. The van der Waals surface area contributed by atoms with Crippen LogP contribution in [0.1, 0.15) is 16.1 Å². The Bertz CT molecular complexity index is 569. The van der Waals surface area contributed by atoms with Crippen LogP contribution in [0, 0.1) is 6.92 Å². The van der Waals surface area contributed by atoms with Crippen LogP contribution in [0.2, 0.25) is 0 Å². The molecular formula is C8H6N2O3S. The minimum absolute atomic E-state index is 0.255. The highest BCUT2D eigenvalue weighted by Gasteiger charge is 2.16. The van der Waals surface area contributed by atoms with Gasteiger partial charge in [-0.3, -0.25) is 9.20 Å². The highest BCUT2D eigenvalue weighted by atomic mass is 32.1. The van der Waals surface area contributed by atoms with Crippen LogP contribution >= 0.6 is 11.3 Å². The van der Waals surface area contributed by atoms with E-state index in [1.165, 1.54) is 28.9 Å². The Morgan fingerprint density at radius 1 is 1.64 bits per heavy atom. The molecule has 72 valence electrons. The second kappa shape index (κ2) is 2.91. The third kappa shape index (κ3) is 1.12. The molecule has 1 N–H and O–H groups in total. The number of aromatic nitrogens is 2. The summed E-state index contributed by atoms with van der Waals surface area (Å²) in [6.07, 6.45) is 1.52. The largest absolute Gasteiger partial charge is 0.477 e. The summed E-state index contributed by atoms with van der Waals surface area (Å²) in [5.74, 6) is -1.24. The van der Waals surface area contributed by atoms with Gasteiger partial charge in [0.25, 0.3) is 5.56 Å². The van der Waals surface area contributed by atoms with Crippen LogP contribution in [0.5, 0.6) is 0 Å². The maximum atomic E-state index is 11.6. The monoisotopic (exact) mass is 210 g/mol. The number of aryl methyl sites for hydroxylation is 1. The zero-order valence-electron chi connectivity index (χ0n) is 7.22. The van der Waals surface area contributed by atoms with E-state index in [1.807, 2.05) is 0 Å². The summed E-state index contributed by atoms with van der Waals surface area (Å²) in [4.78, 5) is 26.9. The molecule has 0 aliphatic rings. The van der Waals surface area contributed by atoms with E-state index in [-0.39, 0.29) is 11.3 Å². The summed E-state index contributed by atoms with van der Waals surface area (Å²) in [7, 11) is 0. The molecule has 0 amide bonds. The van der Waals surface area contributed by atoms with Gasteiger partial charge in [-0.15, -0.1) is 11.3 Å². The predicted molar refractivity (Wildman–Crippen MR) is 51.0 cm³/mol. The minimum Gasteiger partial charge on any atom is -0.477 e. The molecule has 0 atom stereocenters. The molecule has 0 fully saturated rings. The summed E-state index contributed by atoms with van der Waals surface area (Å²) in [5.41, 5.74) is -0.535. The smallest absolute Gasteiger partial charge is 0.343 e. The van der Waals surface area contributed by atoms with Gasteiger partial charge in [0, 0.05) is 11.6 Å². The molecule has 0 unspecified atom stereocenters. The van der Waals surface area contributed by atoms with E-state index in [1.54, 1.807) is 5.38 Å². The van der Waals surface area contributed by atoms with Crippen LogP contribution in [-0.4, -0.2) is 20.5 Å². The van der Waals surface area contributed by atoms with Crippen LogP contribution < -0.4 is 5.56 Å². The molecule has 0 saturated heterocycles. The van der Waals surface area contributed by atoms with Crippen molar-refractivity contribution in [2.24, 2.45) is 0 Å². The van der Waals surface area contributed by atoms with Crippen LogP contribution in [-0.2, 0) is 0 Å². The lowest BCUT2D eigenvalue weighted by Crippen LogP contribution is -2.23. The summed E-state index contributed by atoms with van der Waals surface area (Å²) in [5, 5.41) is 10.5. The van der Waals surface area contributed by atoms with Crippen LogP contribution in [0.15, 0.2) is 16.4 Å². The van der Waals surface area contributed by atoms with Crippen molar-refractivity contribution in [2.45, 2.75) is 6.92 Å². The van der Waals surface area contributed by atoms with Gasteiger partial charge in [0.2, 0.25) is 0 Å². The lowest BCUT2D eigenvalue weighted by Gasteiger charge is -1.99. The van der Waals surface area contributed by atoms with Gasteiger partial charge in [0.15, 0.2) is 4.96 Å². The third-order valence-corrected chi connectivity index (χ3v) is 2.62. The first-order chi connectivity index (χ1) is 6.61. The highest BCUT2D eigenvalue weighted by Crippen LogP contribution is 2.08. The van der Waals surface area contributed by atoms with E-state index >= 15 is 0 Å². The number of nitrogens with zero attached hydrogens (tertiary/aromatic N) is 2. The molecule has 0 spiro atoms. The second-order valence-corrected chi connectivity index (χ2v) is 3.61. The molecule has 2 aromatic rings. The number of hydrogen-bond acceptors (Lipinski definition) is 4. The Labute approximate surface area is 82.3 Å². The third-order valence-electron chi connectivity index (χ3n) is 1.86. The minimum atomic E-state index is -1.24. The van der Waals surface area contributed by atoms with Crippen molar-refractivity contribution in [1.82, 2.24) is 9.38 Å². The average Bonchev–Trinajstić information content (AvgIpc) is 2.50. The van der Waals surface area contributed by atoms with Crippen LogP contribution in [0.25, 0.3) is 4.96 Å². The van der Waals surface area contributed by atoms with Crippen LogP contribution in [0.4, 0.5) is 0 Å². The summed E-state index contributed by atoms with van der Waals surface area (Å²) >= 11 is 1.29. The lowest BCUT2D eigenvalue weighted by atomic mass is 10.2. The van der Waals surface area contributed by atoms with Crippen molar-refractivity contribution in [3.05, 3.63) is 33.2 Å². The zero-order valence-corrected chi connectivity index (χ0v) is 8.04. The first-order valence-electron chi connectivity index (χ1n) is 3.81. The van der Waals surface area contributed by atoms with Gasteiger partial charge < -0.3 is 5.11 Å². The Morgan fingerprint density at radius 2 is 2.36 bits per heavy atom. The highest BCUT2D eigenvalue weighted by molar-refractivity contribution is 7.15. The zero-order chi connectivity index (χ0) is 10.3. The Hall–Kier alpha value is -1.69. The van der Waals surface area contributed by atoms with Crippen molar-refractivity contribution in [2.75, 3.05) is 0 Å². The van der Waals surface area contributed by atoms with Gasteiger partial charge in [0.05, 0.1) is 5.69 Å². The van der Waals surface area contributed by atoms with E-state index in [9.17, 15) is 9.59 Å². The van der Waals surface area contributed by atoms with E-state index < -0.39 is 11.5 Å². The summed E-state index contributed by atoms with van der Waals surface area (Å²) in [6.45, 7) is 1.52. The quantitative estimate of drug-likeness (QED) is 0.754. The van der Waals surface area contributed by atoms with Gasteiger partial charge in [-0.1, -0.05) is 0 Å². The van der Waals surface area contributed by atoms with Gasteiger partial charge in [-0.25, -0.2) is 9.78 Å². The summed E-state index contributed by atoms with van der Waals surface area (Å²) in [6, 6.07) is 0. The molecule has 0 aromatic carbocycles. The molecule has 5 nitrogen and oxygen atoms in total. The molecular weight excluding hydrogens is 204 g/mol. The van der Waals surface area contributed by atoms with Gasteiger partial charge in [0.1, 0.15) is 5.56 Å². The molecule has 0 radical (unpaired) electrons. The molecule has 0 aliphatic carbocycles. The number of hydrogen-bond donors (Lipinski definition) is 1. The number of aromatic carboxylic acids is 1. The van der Waals surface area contributed by atoms with E-state index in [2.05, 4.69) is 4.98 Å². The Balaban J connectivity index is 2.97. The number of carboxylic acids is 1. The van der Waals surface area contributed by atoms with Gasteiger partial charge in [-0.05, 0) is 6.92 Å². The normalized spacial score (nSPS) is 10.6. The average molecular weight is 210 g/mol. The van der Waals surface area contributed by atoms with Crippen molar-refractivity contribution in [3.8, 4) is 0 Å². The van der Waals surface area contributed by atoms with Crippen molar-refractivity contribution in [1.29, 1.82) is 0 Å². The fourth-order valence-electron chi connectivity index (χ4n) is 1.23. The second-order valence-electron chi connectivity index (χ2n) is 2.74. The number of carboxylic acid groups (broad SMARTS) is 1. The van der Waals surface area contributed by atoms with Crippen molar-refractivity contribution < 1.29 is 9.90 Å². The van der Waals surface area contributed by atoms with Crippen molar-refractivity contribution in [3.63, 3.8) is 0 Å². The number of thiazole rings is 1. The molecule has 2 aromatic heterocycles. The fraction of sp³-hybridized carbons (Fsp3) is 0.125. The maximum absolute atomic E-state index is 11.6.